The third-order valence-electron chi connectivity index (χ3n) is 4.73. The van der Waals surface area contributed by atoms with Crippen molar-refractivity contribution in [2.45, 2.75) is 18.8 Å². The van der Waals surface area contributed by atoms with Crippen LogP contribution in [-0.4, -0.2) is 43.0 Å². The van der Waals surface area contributed by atoms with E-state index in [9.17, 15) is 4.79 Å². The molecule has 0 saturated carbocycles. The third-order valence-corrected chi connectivity index (χ3v) is 4.73. The largest absolute Gasteiger partial charge is 0.355 e. The number of nitrogens with one attached hydrogen (secondary N) is 1. The molecule has 1 aliphatic rings. The summed E-state index contributed by atoms with van der Waals surface area (Å²) in [5.41, 5.74) is 2.51. The molecule has 3 rings (SSSR count). The van der Waals surface area contributed by atoms with Crippen LogP contribution < -0.4 is 5.32 Å². The molecule has 0 aliphatic carbocycles. The maximum Gasteiger partial charge on any atom is 0.251 e. The number of carbonyl (C=O) groups is 1. The number of pyridine rings is 1. The van der Waals surface area contributed by atoms with Gasteiger partial charge in [-0.05, 0) is 56.1 Å². The van der Waals surface area contributed by atoms with Gasteiger partial charge in [-0.25, -0.2) is 0 Å². The summed E-state index contributed by atoms with van der Waals surface area (Å²) in [6.07, 6.45) is 4.24. The molecule has 23 heavy (non-hydrogen) atoms. The monoisotopic (exact) mass is 309 g/mol. The number of fused-ring (bicyclic) bond motifs is 1. The molecule has 1 saturated heterocycles. The second-order valence-corrected chi connectivity index (χ2v) is 6.31. The highest BCUT2D eigenvalue weighted by atomic mass is 16.1. The first-order chi connectivity index (χ1) is 11.1. The van der Waals surface area contributed by atoms with E-state index in [1.165, 1.54) is 0 Å². The molecule has 0 unspecified atom stereocenters. The number of nitrogens with zero attached hydrogens (tertiary/aromatic N) is 2. The maximum atomic E-state index is 11.8. The van der Waals surface area contributed by atoms with Crippen molar-refractivity contribution in [1.29, 1.82) is 0 Å². The minimum atomic E-state index is -0.144. The average molecular weight is 309 g/mol. The number of benzene rings is 1. The van der Waals surface area contributed by atoms with Crippen molar-refractivity contribution in [2.75, 3.05) is 27.2 Å². The molecular weight excluding hydrogens is 286 g/mol. The van der Waals surface area contributed by atoms with Crippen LogP contribution in [0.5, 0.6) is 0 Å². The lowest BCUT2D eigenvalue weighted by Crippen LogP contribution is -2.29. The van der Waals surface area contributed by atoms with Gasteiger partial charge in [-0.15, -0.1) is 0 Å². The highest BCUT2D eigenvalue weighted by Crippen LogP contribution is 2.29. The number of rotatable bonds is 3. The molecule has 0 atom stereocenters. The van der Waals surface area contributed by atoms with E-state index in [0.717, 1.165) is 48.0 Å². The van der Waals surface area contributed by atoms with Crippen molar-refractivity contribution < 1.29 is 4.79 Å². The van der Waals surface area contributed by atoms with Gasteiger partial charge >= 0.3 is 0 Å². The summed E-state index contributed by atoms with van der Waals surface area (Å²) < 4.78 is 0. The van der Waals surface area contributed by atoms with Gasteiger partial charge in [-0.1, -0.05) is 18.7 Å². The van der Waals surface area contributed by atoms with Gasteiger partial charge in [0, 0.05) is 35.8 Å². The van der Waals surface area contributed by atoms with Crippen molar-refractivity contribution in [3.8, 4) is 0 Å². The van der Waals surface area contributed by atoms with Crippen molar-refractivity contribution in [3.05, 3.63) is 48.3 Å². The first kappa shape index (κ1) is 15.7. The first-order valence-corrected chi connectivity index (χ1v) is 8.08. The Morgan fingerprint density at radius 2 is 2.00 bits per heavy atom. The van der Waals surface area contributed by atoms with Gasteiger partial charge in [0.1, 0.15) is 0 Å². The molecule has 1 aliphatic heterocycles. The van der Waals surface area contributed by atoms with Crippen LogP contribution >= 0.6 is 0 Å². The smallest absolute Gasteiger partial charge is 0.251 e. The van der Waals surface area contributed by atoms with Crippen LogP contribution in [0.1, 0.15) is 30.0 Å². The topological polar surface area (TPSA) is 45.2 Å². The zero-order valence-electron chi connectivity index (χ0n) is 13.8. The number of aromatic nitrogens is 1. The summed E-state index contributed by atoms with van der Waals surface area (Å²) in [6.45, 7) is 6.14. The Balaban J connectivity index is 1.91. The van der Waals surface area contributed by atoms with Crippen molar-refractivity contribution in [1.82, 2.24) is 15.2 Å². The van der Waals surface area contributed by atoms with E-state index in [1.54, 1.807) is 7.05 Å². The molecule has 4 nitrogen and oxygen atoms in total. The predicted octanol–water partition coefficient (Wildman–Crippen LogP) is 2.80. The zero-order valence-corrected chi connectivity index (χ0v) is 13.8. The first-order valence-electron chi connectivity index (χ1n) is 8.08. The molecule has 1 fully saturated rings. The van der Waals surface area contributed by atoms with Crippen LogP contribution in [0.2, 0.25) is 0 Å². The Morgan fingerprint density at radius 1 is 1.26 bits per heavy atom. The summed E-state index contributed by atoms with van der Waals surface area (Å²) in [6, 6.07) is 8.14. The third kappa shape index (κ3) is 3.27. The number of hydrogen-bond donors (Lipinski definition) is 1. The molecule has 120 valence electrons. The highest BCUT2D eigenvalue weighted by molar-refractivity contribution is 6.19. The molecule has 1 N–H and O–H groups in total. The van der Waals surface area contributed by atoms with Crippen LogP contribution in [0.3, 0.4) is 0 Å². The molecule has 2 heterocycles. The summed E-state index contributed by atoms with van der Waals surface area (Å²) in [7, 11) is 3.79. The van der Waals surface area contributed by atoms with Gasteiger partial charge in [0.15, 0.2) is 0 Å². The van der Waals surface area contributed by atoms with Crippen LogP contribution in [0.4, 0.5) is 0 Å². The lowest BCUT2D eigenvalue weighted by molar-refractivity contribution is -0.115. The Morgan fingerprint density at radius 3 is 2.70 bits per heavy atom. The van der Waals surface area contributed by atoms with Crippen LogP contribution in [0.25, 0.3) is 16.3 Å². The van der Waals surface area contributed by atoms with E-state index in [0.29, 0.717) is 11.5 Å². The maximum absolute atomic E-state index is 11.8. The van der Waals surface area contributed by atoms with Crippen molar-refractivity contribution in [2.24, 2.45) is 0 Å². The fourth-order valence-corrected chi connectivity index (χ4v) is 3.16. The Bertz CT molecular complexity index is 745. The summed E-state index contributed by atoms with van der Waals surface area (Å²) >= 11 is 0. The lowest BCUT2D eigenvalue weighted by Gasteiger charge is -2.28. The number of amides is 1. The van der Waals surface area contributed by atoms with Gasteiger partial charge in [-0.3, -0.25) is 9.78 Å². The SMILES string of the molecule is C=C(C(=O)NC)c1ccc2cnc(C3CCN(C)CC3)cc2c1. The molecule has 4 heteroatoms. The fourth-order valence-electron chi connectivity index (χ4n) is 3.16. The van der Waals surface area contributed by atoms with Gasteiger partial charge < -0.3 is 10.2 Å². The molecule has 2 aromatic rings. The molecule has 1 amide bonds. The fraction of sp³-hybridized carbons (Fsp3) is 0.368. The van der Waals surface area contributed by atoms with Gasteiger partial charge in [0.25, 0.3) is 5.91 Å². The summed E-state index contributed by atoms with van der Waals surface area (Å²) in [5.74, 6) is 0.385. The van der Waals surface area contributed by atoms with Crippen LogP contribution in [0, 0.1) is 0 Å². The lowest BCUT2D eigenvalue weighted by atomic mass is 9.92. The second-order valence-electron chi connectivity index (χ2n) is 6.31. The zero-order chi connectivity index (χ0) is 16.4. The minimum absolute atomic E-state index is 0.144. The Hall–Kier alpha value is -2.20. The minimum Gasteiger partial charge on any atom is -0.355 e. The predicted molar refractivity (Wildman–Crippen MR) is 94.3 cm³/mol. The van der Waals surface area contributed by atoms with E-state index in [4.69, 9.17) is 0 Å². The van der Waals surface area contributed by atoms with E-state index in [-0.39, 0.29) is 5.91 Å². The molecule has 0 radical (unpaired) electrons. The van der Waals surface area contributed by atoms with Gasteiger partial charge in [0.05, 0.1) is 0 Å². The molecule has 0 bridgehead atoms. The summed E-state index contributed by atoms with van der Waals surface area (Å²) in [4.78, 5) is 18.8. The van der Waals surface area contributed by atoms with Crippen LogP contribution in [0.15, 0.2) is 37.0 Å². The molecular formula is C19H23N3O. The number of likely N-dealkylation sites (tertiary alicyclic amines) is 1. The normalized spacial score (nSPS) is 16.4. The Labute approximate surface area is 137 Å². The van der Waals surface area contributed by atoms with Crippen LogP contribution in [-0.2, 0) is 4.79 Å². The van der Waals surface area contributed by atoms with Gasteiger partial charge in [0.2, 0.25) is 0 Å². The molecule has 1 aromatic heterocycles. The van der Waals surface area contributed by atoms with Crippen molar-refractivity contribution in [3.63, 3.8) is 0 Å². The van der Waals surface area contributed by atoms with Gasteiger partial charge in [-0.2, -0.15) is 0 Å². The number of carbonyl (C=O) groups excluding carboxylic acids is 1. The van der Waals surface area contributed by atoms with E-state index in [2.05, 4.69) is 34.9 Å². The number of hydrogen-bond acceptors (Lipinski definition) is 3. The molecule has 1 aromatic carbocycles. The highest BCUT2D eigenvalue weighted by Gasteiger charge is 2.19. The van der Waals surface area contributed by atoms with Crippen molar-refractivity contribution >= 4 is 22.3 Å². The number of likely N-dealkylation sites (N-methyl/N-ethyl adjacent to an activating group) is 1. The summed E-state index contributed by atoms with van der Waals surface area (Å²) in [5, 5.41) is 4.84. The average Bonchev–Trinajstić information content (AvgIpc) is 2.60. The van der Waals surface area contributed by atoms with E-state index < -0.39 is 0 Å². The second kappa shape index (κ2) is 6.50. The standard InChI is InChI=1S/C19H23N3O/c1-13(19(23)20-2)15-4-5-16-12-21-18(11-17(16)10-15)14-6-8-22(3)9-7-14/h4-5,10-12,14H,1,6-9H2,2-3H3,(H,20,23). The molecule has 0 spiro atoms. The quantitative estimate of drug-likeness (QED) is 0.887. The number of piperidine rings is 1. The van der Waals surface area contributed by atoms with E-state index in [1.807, 2.05) is 24.4 Å². The van der Waals surface area contributed by atoms with E-state index >= 15 is 0 Å². The Kier molecular flexibility index (Phi) is 4.44.